The summed E-state index contributed by atoms with van der Waals surface area (Å²) in [6.45, 7) is 4.21. The molecule has 0 aliphatic heterocycles. The second-order valence-corrected chi connectivity index (χ2v) is 12.3. The third kappa shape index (κ3) is 9.15. The number of carbonyl (C=O) groups excluding carboxylic acids is 3. The lowest BCUT2D eigenvalue weighted by atomic mass is 10.1. The van der Waals surface area contributed by atoms with E-state index < -0.39 is 17.1 Å². The summed E-state index contributed by atoms with van der Waals surface area (Å²) in [5.74, 6) is -0.596. The summed E-state index contributed by atoms with van der Waals surface area (Å²) < 4.78 is 5.75. The number of hydrogen-bond donors (Lipinski definition) is 3. The first-order valence-corrected chi connectivity index (χ1v) is 16.6. The van der Waals surface area contributed by atoms with Gasteiger partial charge in [0.1, 0.15) is 16.7 Å². The molecule has 5 aromatic rings. The lowest BCUT2D eigenvalue weighted by Crippen LogP contribution is -2.30. The van der Waals surface area contributed by atoms with Crippen LogP contribution < -0.4 is 20.7 Å². The van der Waals surface area contributed by atoms with Gasteiger partial charge in [-0.1, -0.05) is 90.5 Å². The number of para-hydroxylation sites is 1. The summed E-state index contributed by atoms with van der Waals surface area (Å²) in [5, 5.41) is 8.63. The van der Waals surface area contributed by atoms with Crippen LogP contribution in [0.2, 0.25) is 5.02 Å². The van der Waals surface area contributed by atoms with E-state index in [1.807, 2.05) is 86.6 Å². The van der Waals surface area contributed by atoms with Crippen molar-refractivity contribution >= 4 is 58.5 Å². The van der Waals surface area contributed by atoms with Crippen molar-refractivity contribution in [1.29, 1.82) is 0 Å². The van der Waals surface area contributed by atoms with Gasteiger partial charge >= 0.3 is 0 Å². The van der Waals surface area contributed by atoms with E-state index in [0.717, 1.165) is 16.0 Å². The quantitative estimate of drug-likeness (QED) is 0.0907. The monoisotopic (exact) mass is 675 g/mol. The van der Waals surface area contributed by atoms with Crippen molar-refractivity contribution in [2.75, 3.05) is 17.2 Å². The first-order chi connectivity index (χ1) is 23.3. The molecule has 0 fully saturated rings. The minimum absolute atomic E-state index is 0.0346. The van der Waals surface area contributed by atoms with Crippen molar-refractivity contribution < 1.29 is 19.1 Å². The van der Waals surface area contributed by atoms with Crippen molar-refractivity contribution in [2.45, 2.75) is 24.0 Å². The highest BCUT2D eigenvalue weighted by Gasteiger charge is 2.23. The van der Waals surface area contributed by atoms with Crippen molar-refractivity contribution in [2.24, 2.45) is 0 Å². The highest BCUT2D eigenvalue weighted by Crippen LogP contribution is 2.37. The number of ether oxygens (including phenoxy) is 1. The smallest absolute Gasteiger partial charge is 0.272 e. The maximum Gasteiger partial charge on any atom is 0.272 e. The number of anilines is 2. The lowest BCUT2D eigenvalue weighted by molar-refractivity contribution is -0.116. The van der Waals surface area contributed by atoms with Gasteiger partial charge in [0.2, 0.25) is 5.91 Å². The molecular formula is C39H34ClN3O4S. The molecule has 5 rings (SSSR count). The van der Waals surface area contributed by atoms with Crippen LogP contribution in [-0.4, -0.2) is 24.3 Å². The Morgan fingerprint density at radius 3 is 2.21 bits per heavy atom. The van der Waals surface area contributed by atoms with Gasteiger partial charge in [-0.3, -0.25) is 14.4 Å². The van der Waals surface area contributed by atoms with Gasteiger partial charge < -0.3 is 20.7 Å². The zero-order valence-electron chi connectivity index (χ0n) is 26.4. The molecule has 9 heteroatoms. The van der Waals surface area contributed by atoms with E-state index in [0.29, 0.717) is 39.9 Å². The van der Waals surface area contributed by atoms with Gasteiger partial charge in [0.25, 0.3) is 11.8 Å². The molecule has 0 aromatic heterocycles. The zero-order valence-corrected chi connectivity index (χ0v) is 28.0. The van der Waals surface area contributed by atoms with Crippen LogP contribution in [0, 0.1) is 6.92 Å². The first kappa shape index (κ1) is 34.0. The molecular weight excluding hydrogens is 642 g/mol. The number of carbonyl (C=O) groups is 3. The Hall–Kier alpha value is -5.31. The number of amides is 3. The fourth-order valence-electron chi connectivity index (χ4n) is 4.75. The maximum absolute atomic E-state index is 13.8. The van der Waals surface area contributed by atoms with E-state index in [-0.39, 0.29) is 11.6 Å². The number of aryl methyl sites for hydroxylation is 1. The standard InChI is InChI=1S/C39H34ClN3O4S/c1-3-47-35-20-11-10-17-29(35)23-34(43-37(44)28-15-8-5-9-16-28)38(45)41-30-18-12-19-32(24-30)48-36(27-13-6-4-7-14-27)39(46)42-31-22-21-26(2)33(40)25-31/h4-25,36H,3H2,1-2H3,(H,41,45)(H,42,46)(H,43,44)/b34-23+. The third-order valence-electron chi connectivity index (χ3n) is 7.17. The predicted octanol–water partition coefficient (Wildman–Crippen LogP) is 8.93. The Labute approximate surface area is 289 Å². The van der Waals surface area contributed by atoms with Gasteiger partial charge in [-0.2, -0.15) is 0 Å². The summed E-state index contributed by atoms with van der Waals surface area (Å²) in [5.41, 5.74) is 3.89. The highest BCUT2D eigenvalue weighted by molar-refractivity contribution is 8.00. The molecule has 0 aliphatic carbocycles. The number of rotatable bonds is 12. The SMILES string of the molecule is CCOc1ccccc1/C=C(/NC(=O)c1ccccc1)C(=O)Nc1cccc(SC(C(=O)Nc2ccc(C)c(Cl)c2)c2ccccc2)c1. The molecule has 3 N–H and O–H groups in total. The Morgan fingerprint density at radius 2 is 1.48 bits per heavy atom. The fraction of sp³-hybridized carbons (Fsp3) is 0.103. The number of halogens is 1. The molecule has 1 atom stereocenters. The largest absolute Gasteiger partial charge is 0.493 e. The predicted molar refractivity (Wildman–Crippen MR) is 194 cm³/mol. The highest BCUT2D eigenvalue weighted by atomic mass is 35.5. The third-order valence-corrected chi connectivity index (χ3v) is 8.83. The van der Waals surface area contributed by atoms with Crippen molar-refractivity contribution in [3.05, 3.63) is 160 Å². The van der Waals surface area contributed by atoms with E-state index in [4.69, 9.17) is 16.3 Å². The molecule has 1 unspecified atom stereocenters. The Bertz CT molecular complexity index is 1930. The van der Waals surface area contributed by atoms with Crippen LogP contribution in [0.4, 0.5) is 11.4 Å². The summed E-state index contributed by atoms with van der Waals surface area (Å²) in [6, 6.07) is 38.0. The maximum atomic E-state index is 13.8. The average molecular weight is 676 g/mol. The minimum atomic E-state index is -0.604. The van der Waals surface area contributed by atoms with Crippen LogP contribution >= 0.6 is 23.4 Å². The number of nitrogens with one attached hydrogen (secondary N) is 3. The van der Waals surface area contributed by atoms with Crippen LogP contribution in [-0.2, 0) is 9.59 Å². The molecule has 7 nitrogen and oxygen atoms in total. The first-order valence-electron chi connectivity index (χ1n) is 15.3. The summed E-state index contributed by atoms with van der Waals surface area (Å²) >= 11 is 7.65. The van der Waals surface area contributed by atoms with E-state index in [9.17, 15) is 14.4 Å². The van der Waals surface area contributed by atoms with Crippen molar-refractivity contribution in [1.82, 2.24) is 5.32 Å². The molecule has 0 saturated carbocycles. The molecule has 3 amide bonds. The van der Waals surface area contributed by atoms with Crippen LogP contribution in [0.15, 0.2) is 138 Å². The molecule has 5 aromatic carbocycles. The minimum Gasteiger partial charge on any atom is -0.493 e. The number of hydrogen-bond acceptors (Lipinski definition) is 5. The van der Waals surface area contributed by atoms with Crippen LogP contribution in [0.5, 0.6) is 5.75 Å². The van der Waals surface area contributed by atoms with Gasteiger partial charge in [0.05, 0.1) is 6.61 Å². The van der Waals surface area contributed by atoms with Crippen molar-refractivity contribution in [3.8, 4) is 5.75 Å². The van der Waals surface area contributed by atoms with Gasteiger partial charge in [-0.15, -0.1) is 11.8 Å². The zero-order chi connectivity index (χ0) is 33.9. The second-order valence-electron chi connectivity index (χ2n) is 10.7. The molecule has 0 bridgehead atoms. The van der Waals surface area contributed by atoms with Crippen LogP contribution in [0.1, 0.15) is 39.2 Å². The Morgan fingerprint density at radius 1 is 0.792 bits per heavy atom. The summed E-state index contributed by atoms with van der Waals surface area (Å²) in [7, 11) is 0. The molecule has 0 spiro atoms. The summed E-state index contributed by atoms with van der Waals surface area (Å²) in [4.78, 5) is 41.3. The fourth-order valence-corrected chi connectivity index (χ4v) is 6.01. The molecule has 242 valence electrons. The topological polar surface area (TPSA) is 96.5 Å². The average Bonchev–Trinajstić information content (AvgIpc) is 3.10. The molecule has 0 aliphatic rings. The van der Waals surface area contributed by atoms with Gasteiger partial charge in [0, 0.05) is 32.4 Å². The molecule has 0 saturated heterocycles. The summed E-state index contributed by atoms with van der Waals surface area (Å²) in [6.07, 6.45) is 1.59. The lowest BCUT2D eigenvalue weighted by Gasteiger charge is -2.18. The molecule has 0 radical (unpaired) electrons. The normalized spacial score (nSPS) is 11.7. The van der Waals surface area contributed by atoms with E-state index in [1.54, 1.807) is 60.7 Å². The van der Waals surface area contributed by atoms with Gasteiger partial charge in [0.15, 0.2) is 0 Å². The Balaban J connectivity index is 1.40. The molecule has 48 heavy (non-hydrogen) atoms. The van der Waals surface area contributed by atoms with E-state index in [1.165, 1.54) is 11.8 Å². The van der Waals surface area contributed by atoms with Crippen LogP contribution in [0.3, 0.4) is 0 Å². The van der Waals surface area contributed by atoms with E-state index >= 15 is 0 Å². The van der Waals surface area contributed by atoms with Gasteiger partial charge in [-0.25, -0.2) is 0 Å². The number of benzene rings is 5. The van der Waals surface area contributed by atoms with E-state index in [2.05, 4.69) is 16.0 Å². The number of thioether (sulfide) groups is 1. The van der Waals surface area contributed by atoms with Crippen LogP contribution in [0.25, 0.3) is 6.08 Å². The Kier molecular flexibility index (Phi) is 11.7. The second kappa shape index (κ2) is 16.5. The van der Waals surface area contributed by atoms with Gasteiger partial charge in [-0.05, 0) is 79.6 Å². The van der Waals surface area contributed by atoms with Crippen molar-refractivity contribution in [3.63, 3.8) is 0 Å². The molecule has 0 heterocycles.